The Morgan fingerprint density at radius 2 is 2.22 bits per heavy atom. The van der Waals surface area contributed by atoms with Crippen molar-refractivity contribution in [3.05, 3.63) is 51.2 Å². The van der Waals surface area contributed by atoms with Crippen LogP contribution in [0, 0.1) is 0 Å². The molecule has 2 heterocycles. The fourth-order valence-corrected chi connectivity index (χ4v) is 3.42. The summed E-state index contributed by atoms with van der Waals surface area (Å²) in [6, 6.07) is 9.84. The SMILES string of the molecule is O=C(Cc1sccc1Cl)C1CNc2ccccc21. The highest BCUT2D eigenvalue weighted by atomic mass is 35.5. The number of Topliss-reactive ketones (excluding diaryl/α,β-unsaturated/α-hetero) is 1. The van der Waals surface area contributed by atoms with Gasteiger partial charge in [-0.3, -0.25) is 4.79 Å². The molecular formula is C14H12ClNOS. The molecule has 3 rings (SSSR count). The fraction of sp³-hybridized carbons (Fsp3) is 0.214. The van der Waals surface area contributed by atoms with E-state index in [1.165, 1.54) is 0 Å². The molecule has 18 heavy (non-hydrogen) atoms. The number of hydrogen-bond donors (Lipinski definition) is 1. The molecule has 0 spiro atoms. The number of ketones is 1. The van der Waals surface area contributed by atoms with E-state index >= 15 is 0 Å². The van der Waals surface area contributed by atoms with Gasteiger partial charge in [0, 0.05) is 23.5 Å². The van der Waals surface area contributed by atoms with Crippen molar-refractivity contribution in [3.8, 4) is 0 Å². The summed E-state index contributed by atoms with van der Waals surface area (Å²) in [6.45, 7) is 0.696. The maximum Gasteiger partial charge on any atom is 0.147 e. The number of carbonyl (C=O) groups excluding carboxylic acids is 1. The van der Waals surface area contributed by atoms with Gasteiger partial charge < -0.3 is 5.32 Å². The van der Waals surface area contributed by atoms with E-state index in [-0.39, 0.29) is 11.7 Å². The number of hydrogen-bond acceptors (Lipinski definition) is 3. The Bertz CT molecular complexity index is 593. The molecule has 0 bridgehead atoms. The number of halogens is 1. The van der Waals surface area contributed by atoms with Crippen molar-refractivity contribution in [2.75, 3.05) is 11.9 Å². The monoisotopic (exact) mass is 277 g/mol. The molecule has 0 saturated heterocycles. The van der Waals surface area contributed by atoms with Crippen LogP contribution in [-0.4, -0.2) is 12.3 Å². The molecule has 0 aliphatic carbocycles. The van der Waals surface area contributed by atoms with Crippen molar-refractivity contribution in [1.29, 1.82) is 0 Å². The number of fused-ring (bicyclic) bond motifs is 1. The van der Waals surface area contributed by atoms with Gasteiger partial charge >= 0.3 is 0 Å². The van der Waals surface area contributed by atoms with Gasteiger partial charge in [0.15, 0.2) is 0 Å². The van der Waals surface area contributed by atoms with Gasteiger partial charge in [-0.25, -0.2) is 0 Å². The lowest BCUT2D eigenvalue weighted by Crippen LogP contribution is -2.16. The molecule has 1 aromatic carbocycles. The van der Waals surface area contributed by atoms with E-state index in [1.54, 1.807) is 11.3 Å². The zero-order chi connectivity index (χ0) is 12.5. The van der Waals surface area contributed by atoms with Crippen LogP contribution in [0.2, 0.25) is 5.02 Å². The summed E-state index contributed by atoms with van der Waals surface area (Å²) in [6.07, 6.45) is 0.428. The second kappa shape index (κ2) is 4.75. The van der Waals surface area contributed by atoms with Crippen molar-refractivity contribution in [2.24, 2.45) is 0 Å². The summed E-state index contributed by atoms with van der Waals surface area (Å²) < 4.78 is 0. The van der Waals surface area contributed by atoms with Gasteiger partial charge in [0.05, 0.1) is 10.9 Å². The normalized spacial score (nSPS) is 17.3. The predicted molar refractivity (Wildman–Crippen MR) is 75.7 cm³/mol. The van der Waals surface area contributed by atoms with Crippen molar-refractivity contribution in [2.45, 2.75) is 12.3 Å². The lowest BCUT2D eigenvalue weighted by Gasteiger charge is -2.08. The molecule has 2 nitrogen and oxygen atoms in total. The quantitative estimate of drug-likeness (QED) is 0.926. The number of rotatable bonds is 3. The number of benzene rings is 1. The number of carbonyl (C=O) groups is 1. The van der Waals surface area contributed by atoms with Crippen LogP contribution in [-0.2, 0) is 11.2 Å². The van der Waals surface area contributed by atoms with Crippen LogP contribution < -0.4 is 5.32 Å². The van der Waals surface area contributed by atoms with E-state index in [9.17, 15) is 4.79 Å². The van der Waals surface area contributed by atoms with Gasteiger partial charge in [0.25, 0.3) is 0 Å². The van der Waals surface area contributed by atoms with Gasteiger partial charge in [-0.05, 0) is 23.1 Å². The van der Waals surface area contributed by atoms with Crippen LogP contribution in [0.15, 0.2) is 35.7 Å². The topological polar surface area (TPSA) is 29.1 Å². The van der Waals surface area contributed by atoms with Crippen LogP contribution in [0.3, 0.4) is 0 Å². The third kappa shape index (κ3) is 2.04. The van der Waals surface area contributed by atoms with Gasteiger partial charge in [-0.2, -0.15) is 0 Å². The van der Waals surface area contributed by atoms with Crippen LogP contribution in [0.1, 0.15) is 16.4 Å². The Kier molecular flexibility index (Phi) is 3.10. The molecule has 0 saturated carbocycles. The first kappa shape index (κ1) is 11.8. The van der Waals surface area contributed by atoms with Crippen molar-refractivity contribution in [3.63, 3.8) is 0 Å². The average molecular weight is 278 g/mol. The van der Waals surface area contributed by atoms with Crippen molar-refractivity contribution >= 4 is 34.4 Å². The second-order valence-electron chi connectivity index (χ2n) is 4.36. The van der Waals surface area contributed by atoms with Crippen molar-refractivity contribution in [1.82, 2.24) is 0 Å². The fourth-order valence-electron chi connectivity index (χ4n) is 2.30. The summed E-state index contributed by atoms with van der Waals surface area (Å²) in [5.74, 6) is 0.191. The minimum Gasteiger partial charge on any atom is -0.384 e. The van der Waals surface area contributed by atoms with Crippen LogP contribution in [0.5, 0.6) is 0 Å². The lowest BCUT2D eigenvalue weighted by molar-refractivity contribution is -0.119. The van der Waals surface area contributed by atoms with Crippen molar-refractivity contribution < 1.29 is 4.79 Å². The molecule has 1 aliphatic rings. The third-order valence-electron chi connectivity index (χ3n) is 3.25. The number of anilines is 1. The van der Waals surface area contributed by atoms with Gasteiger partial charge in [-0.1, -0.05) is 29.8 Å². The Morgan fingerprint density at radius 1 is 1.39 bits per heavy atom. The Labute approximate surface area is 115 Å². The van der Waals surface area contributed by atoms with Gasteiger partial charge in [0.2, 0.25) is 0 Å². The maximum atomic E-state index is 12.3. The first-order chi connectivity index (χ1) is 8.75. The summed E-state index contributed by atoms with van der Waals surface area (Å²) in [7, 11) is 0. The predicted octanol–water partition coefficient (Wildman–Crippen LogP) is 3.72. The molecule has 2 aromatic rings. The highest BCUT2D eigenvalue weighted by molar-refractivity contribution is 7.10. The zero-order valence-electron chi connectivity index (χ0n) is 9.65. The molecule has 1 N–H and O–H groups in total. The van der Waals surface area contributed by atoms with Crippen LogP contribution in [0.4, 0.5) is 5.69 Å². The Balaban J connectivity index is 1.81. The largest absolute Gasteiger partial charge is 0.384 e. The third-order valence-corrected chi connectivity index (χ3v) is 4.63. The summed E-state index contributed by atoms with van der Waals surface area (Å²) >= 11 is 7.58. The number of thiophene rings is 1. The molecule has 92 valence electrons. The first-order valence-corrected chi connectivity index (χ1v) is 7.09. The Morgan fingerprint density at radius 3 is 3.00 bits per heavy atom. The van der Waals surface area contributed by atoms with E-state index in [0.29, 0.717) is 18.0 Å². The molecule has 1 atom stereocenters. The molecule has 4 heteroatoms. The standard InChI is InChI=1S/C14H12ClNOS/c15-11-5-6-18-14(11)7-13(17)10-8-16-12-4-2-1-3-9(10)12/h1-6,10,16H,7-8H2. The minimum atomic E-state index is -0.0423. The zero-order valence-corrected chi connectivity index (χ0v) is 11.2. The first-order valence-electron chi connectivity index (χ1n) is 5.83. The molecule has 1 aromatic heterocycles. The van der Waals surface area contributed by atoms with E-state index in [2.05, 4.69) is 5.32 Å². The van der Waals surface area contributed by atoms with Gasteiger partial charge in [0.1, 0.15) is 5.78 Å². The summed E-state index contributed by atoms with van der Waals surface area (Å²) in [5.41, 5.74) is 2.18. The highest BCUT2D eigenvalue weighted by Crippen LogP contribution is 2.33. The average Bonchev–Trinajstić information content (AvgIpc) is 2.96. The maximum absolute atomic E-state index is 12.3. The summed E-state index contributed by atoms with van der Waals surface area (Å²) in [4.78, 5) is 13.3. The second-order valence-corrected chi connectivity index (χ2v) is 5.76. The molecule has 1 unspecified atom stereocenters. The minimum absolute atomic E-state index is 0.0423. The highest BCUT2D eigenvalue weighted by Gasteiger charge is 2.28. The molecule has 1 aliphatic heterocycles. The van der Waals surface area contributed by atoms with Gasteiger partial charge in [-0.15, -0.1) is 11.3 Å². The molecule has 0 fully saturated rings. The van der Waals surface area contributed by atoms with E-state index in [0.717, 1.165) is 16.1 Å². The molecule has 0 amide bonds. The number of nitrogens with one attached hydrogen (secondary N) is 1. The van der Waals surface area contributed by atoms with E-state index in [1.807, 2.05) is 35.7 Å². The Hall–Kier alpha value is -1.32. The van der Waals surface area contributed by atoms with E-state index < -0.39 is 0 Å². The van der Waals surface area contributed by atoms with Crippen LogP contribution >= 0.6 is 22.9 Å². The number of para-hydroxylation sites is 1. The molecule has 0 radical (unpaired) electrons. The summed E-state index contributed by atoms with van der Waals surface area (Å²) in [5, 5.41) is 5.90. The lowest BCUT2D eigenvalue weighted by atomic mass is 9.95. The smallest absolute Gasteiger partial charge is 0.147 e. The van der Waals surface area contributed by atoms with Crippen LogP contribution in [0.25, 0.3) is 0 Å². The van der Waals surface area contributed by atoms with E-state index in [4.69, 9.17) is 11.6 Å². The molecular weight excluding hydrogens is 266 g/mol.